The normalized spacial score (nSPS) is 18.6. The average molecular weight is 479 g/mol. The van der Waals surface area contributed by atoms with E-state index in [4.69, 9.17) is 0 Å². The van der Waals surface area contributed by atoms with Crippen molar-refractivity contribution in [2.45, 2.75) is 38.4 Å². The van der Waals surface area contributed by atoms with Gasteiger partial charge in [-0.1, -0.05) is 13.3 Å². The Balaban J connectivity index is 0.00000576. The minimum atomic E-state index is -4.18. The molecule has 0 aromatic heterocycles. The van der Waals surface area contributed by atoms with Crippen LogP contribution in [-0.4, -0.2) is 80.7 Å². The van der Waals surface area contributed by atoms with E-state index in [2.05, 4.69) is 22.5 Å². The number of aliphatic imine (C=N–C) groups is 1. The predicted octanol–water partition coefficient (Wildman–Crippen LogP) is 1.66. The van der Waals surface area contributed by atoms with Gasteiger partial charge < -0.3 is 15.5 Å². The highest BCUT2D eigenvalue weighted by Gasteiger charge is 2.34. The van der Waals surface area contributed by atoms with Crippen LogP contribution in [0, 0.1) is 0 Å². The van der Waals surface area contributed by atoms with Gasteiger partial charge in [-0.2, -0.15) is 13.2 Å². The van der Waals surface area contributed by atoms with E-state index < -0.39 is 12.7 Å². The number of rotatable bonds is 7. The maximum Gasteiger partial charge on any atom is 0.401 e. The lowest BCUT2D eigenvalue weighted by atomic mass is 10.3. The zero-order valence-corrected chi connectivity index (χ0v) is 17.4. The van der Waals surface area contributed by atoms with Crippen LogP contribution in [0.5, 0.6) is 0 Å². The first-order valence-electron chi connectivity index (χ1n) is 8.25. The van der Waals surface area contributed by atoms with Gasteiger partial charge in [-0.05, 0) is 12.8 Å². The first-order valence-corrected chi connectivity index (χ1v) is 8.25. The van der Waals surface area contributed by atoms with Gasteiger partial charge in [0.2, 0.25) is 5.91 Å². The number of nitrogens with zero attached hydrogens (tertiary/aromatic N) is 3. The first-order chi connectivity index (χ1) is 11.2. The van der Waals surface area contributed by atoms with Crippen LogP contribution in [0.25, 0.3) is 0 Å². The second-order valence-corrected chi connectivity index (χ2v) is 6.21. The van der Waals surface area contributed by atoms with Crippen molar-refractivity contribution in [2.75, 3.05) is 46.8 Å². The number of carbonyl (C=O) groups is 1. The van der Waals surface area contributed by atoms with Crippen molar-refractivity contribution >= 4 is 35.8 Å². The summed E-state index contributed by atoms with van der Waals surface area (Å²) < 4.78 is 37.3. The summed E-state index contributed by atoms with van der Waals surface area (Å²) >= 11 is 0. The van der Waals surface area contributed by atoms with E-state index in [0.29, 0.717) is 32.0 Å². The molecule has 148 valence electrons. The third-order valence-electron chi connectivity index (χ3n) is 3.71. The average Bonchev–Trinajstić information content (AvgIpc) is 2.89. The van der Waals surface area contributed by atoms with E-state index in [1.54, 1.807) is 14.1 Å². The van der Waals surface area contributed by atoms with Gasteiger partial charge in [-0.25, -0.2) is 4.99 Å². The Kier molecular flexibility index (Phi) is 11.4. The summed E-state index contributed by atoms with van der Waals surface area (Å²) in [5, 5.41) is 6.28. The lowest BCUT2D eigenvalue weighted by molar-refractivity contribution is -0.143. The van der Waals surface area contributed by atoms with Crippen molar-refractivity contribution in [2.24, 2.45) is 4.99 Å². The molecular weight excluding hydrogens is 450 g/mol. The van der Waals surface area contributed by atoms with Gasteiger partial charge in [0.05, 0.1) is 6.54 Å². The molecule has 1 aliphatic rings. The number of guanidine groups is 1. The Hall–Kier alpha value is -0.780. The molecule has 1 fully saturated rings. The number of unbranched alkanes of at least 4 members (excludes halogenated alkanes) is 1. The van der Waals surface area contributed by atoms with Gasteiger partial charge in [0.25, 0.3) is 0 Å². The monoisotopic (exact) mass is 479 g/mol. The molecule has 0 aromatic rings. The van der Waals surface area contributed by atoms with Gasteiger partial charge in [0, 0.05) is 39.8 Å². The molecule has 1 heterocycles. The number of halogens is 4. The maximum absolute atomic E-state index is 12.4. The number of hydrogen-bond acceptors (Lipinski definition) is 3. The maximum atomic E-state index is 12.4. The quantitative estimate of drug-likeness (QED) is 0.253. The fourth-order valence-corrected chi connectivity index (χ4v) is 2.37. The Morgan fingerprint density at radius 1 is 1.36 bits per heavy atom. The van der Waals surface area contributed by atoms with Crippen LogP contribution < -0.4 is 10.6 Å². The van der Waals surface area contributed by atoms with E-state index in [9.17, 15) is 18.0 Å². The van der Waals surface area contributed by atoms with Crippen LogP contribution in [0.3, 0.4) is 0 Å². The van der Waals surface area contributed by atoms with E-state index in [-0.39, 0.29) is 42.5 Å². The second-order valence-electron chi connectivity index (χ2n) is 6.21. The number of hydrogen-bond donors (Lipinski definition) is 2. The summed E-state index contributed by atoms with van der Waals surface area (Å²) in [5.74, 6) is 0.356. The van der Waals surface area contributed by atoms with Crippen LogP contribution in [0.15, 0.2) is 4.99 Å². The Morgan fingerprint density at radius 2 is 2.04 bits per heavy atom. The standard InChI is InChI=1S/C15H28F3N5O.HI/c1-4-5-7-19-14(20-9-13(24)22(2)3)21-12-6-8-23(10-12)11-15(16,17)18;/h12H,4-11H2,1-3H3,(H2,19,20,21);1H. The molecule has 1 amide bonds. The summed E-state index contributed by atoms with van der Waals surface area (Å²) in [7, 11) is 3.31. The molecule has 0 aromatic carbocycles. The van der Waals surface area contributed by atoms with Gasteiger partial charge in [0.1, 0.15) is 6.54 Å². The van der Waals surface area contributed by atoms with Gasteiger partial charge in [0.15, 0.2) is 5.96 Å². The van der Waals surface area contributed by atoms with Gasteiger partial charge in [-0.15, -0.1) is 24.0 Å². The van der Waals surface area contributed by atoms with Crippen LogP contribution in [0.1, 0.15) is 26.2 Å². The number of likely N-dealkylation sites (tertiary alicyclic amines) is 1. The molecule has 1 aliphatic heterocycles. The van der Waals surface area contributed by atoms with Crippen molar-refractivity contribution in [3.05, 3.63) is 0 Å². The van der Waals surface area contributed by atoms with E-state index in [0.717, 1.165) is 12.8 Å². The predicted molar refractivity (Wildman–Crippen MR) is 103 cm³/mol. The topological polar surface area (TPSA) is 60.0 Å². The minimum Gasteiger partial charge on any atom is -0.356 e. The van der Waals surface area contributed by atoms with Crippen LogP contribution in [0.2, 0.25) is 0 Å². The van der Waals surface area contributed by atoms with E-state index in [1.165, 1.54) is 9.80 Å². The Morgan fingerprint density at radius 3 is 2.60 bits per heavy atom. The molecule has 25 heavy (non-hydrogen) atoms. The molecule has 0 bridgehead atoms. The molecule has 1 rings (SSSR count). The molecule has 1 saturated heterocycles. The minimum absolute atomic E-state index is 0. The smallest absolute Gasteiger partial charge is 0.356 e. The highest BCUT2D eigenvalue weighted by Crippen LogP contribution is 2.19. The fourth-order valence-electron chi connectivity index (χ4n) is 2.37. The van der Waals surface area contributed by atoms with Crippen molar-refractivity contribution in [3.8, 4) is 0 Å². The molecule has 1 unspecified atom stereocenters. The van der Waals surface area contributed by atoms with Crippen molar-refractivity contribution in [3.63, 3.8) is 0 Å². The lowest BCUT2D eigenvalue weighted by Crippen LogP contribution is -2.46. The number of nitrogens with one attached hydrogen (secondary N) is 2. The Bertz CT molecular complexity index is 432. The van der Waals surface area contributed by atoms with E-state index >= 15 is 0 Å². The molecule has 6 nitrogen and oxygen atoms in total. The van der Waals surface area contributed by atoms with Crippen LogP contribution in [-0.2, 0) is 4.79 Å². The third-order valence-corrected chi connectivity index (χ3v) is 3.71. The molecular formula is C15H29F3IN5O. The zero-order chi connectivity index (χ0) is 18.2. The van der Waals surface area contributed by atoms with Crippen molar-refractivity contribution < 1.29 is 18.0 Å². The summed E-state index contributed by atoms with van der Waals surface area (Å²) in [6.45, 7) is 2.60. The van der Waals surface area contributed by atoms with Crippen LogP contribution in [0.4, 0.5) is 13.2 Å². The third kappa shape index (κ3) is 10.7. The lowest BCUT2D eigenvalue weighted by Gasteiger charge is -2.20. The van der Waals surface area contributed by atoms with Gasteiger partial charge >= 0.3 is 6.18 Å². The Labute approximate surface area is 164 Å². The summed E-state index contributed by atoms with van der Waals surface area (Å²) in [6, 6.07) is -0.102. The molecule has 0 aliphatic carbocycles. The molecule has 0 radical (unpaired) electrons. The highest BCUT2D eigenvalue weighted by molar-refractivity contribution is 14.0. The molecule has 0 spiro atoms. The first kappa shape index (κ1) is 24.2. The zero-order valence-electron chi connectivity index (χ0n) is 15.0. The number of alkyl halides is 3. The molecule has 0 saturated carbocycles. The summed E-state index contributed by atoms with van der Waals surface area (Å²) in [4.78, 5) is 18.7. The molecule has 2 N–H and O–H groups in total. The van der Waals surface area contributed by atoms with Gasteiger partial charge in [-0.3, -0.25) is 9.69 Å². The molecule has 1 atom stereocenters. The van der Waals surface area contributed by atoms with Crippen molar-refractivity contribution in [1.29, 1.82) is 0 Å². The van der Waals surface area contributed by atoms with Crippen LogP contribution >= 0.6 is 24.0 Å². The number of likely N-dealkylation sites (N-methyl/N-ethyl adjacent to an activating group) is 1. The second kappa shape index (κ2) is 11.8. The fraction of sp³-hybridized carbons (Fsp3) is 0.867. The highest BCUT2D eigenvalue weighted by atomic mass is 127. The molecule has 10 heteroatoms. The summed E-state index contributed by atoms with van der Waals surface area (Å²) in [5.41, 5.74) is 0. The number of amides is 1. The van der Waals surface area contributed by atoms with Crippen molar-refractivity contribution in [1.82, 2.24) is 20.4 Å². The van der Waals surface area contributed by atoms with E-state index in [1.807, 2.05) is 0 Å². The SMILES string of the molecule is CCCCNC(=NCC(=O)N(C)C)NC1CCN(CC(F)(F)F)C1.I. The summed E-state index contributed by atoms with van der Waals surface area (Å²) in [6.07, 6.45) is -1.59. The largest absolute Gasteiger partial charge is 0.401 e. The number of carbonyl (C=O) groups excluding carboxylic acids is 1.